The van der Waals surface area contributed by atoms with Gasteiger partial charge in [-0.15, -0.1) is 21.5 Å². The predicted molar refractivity (Wildman–Crippen MR) is 101 cm³/mol. The lowest BCUT2D eigenvalue weighted by molar-refractivity contribution is 0.422. The summed E-state index contributed by atoms with van der Waals surface area (Å²) in [6.45, 7) is 0. The molecule has 0 bridgehead atoms. The van der Waals surface area contributed by atoms with Gasteiger partial charge in [0, 0.05) is 11.5 Å². The second kappa shape index (κ2) is 7.29. The standard InChI is InChI=1S/C16H11BrFN5OS2/c1-23-14(12-3-2-6-25-12)20-21-16(23)26-8-13-19-15(24-22-13)10-7-9(17)4-5-11(10)18/h2-7H,8H2,1H3. The highest BCUT2D eigenvalue weighted by Gasteiger charge is 2.16. The molecule has 0 radical (unpaired) electrons. The van der Waals surface area contributed by atoms with Gasteiger partial charge < -0.3 is 9.09 Å². The molecule has 3 aromatic heterocycles. The molecule has 0 aliphatic rings. The van der Waals surface area contributed by atoms with Crippen LogP contribution in [0, 0.1) is 5.82 Å². The van der Waals surface area contributed by atoms with E-state index in [0.717, 1.165) is 20.3 Å². The first-order valence-electron chi connectivity index (χ1n) is 7.46. The van der Waals surface area contributed by atoms with Gasteiger partial charge in [-0.25, -0.2) is 4.39 Å². The van der Waals surface area contributed by atoms with Gasteiger partial charge in [0.2, 0.25) is 0 Å². The molecule has 0 unspecified atom stereocenters. The third kappa shape index (κ3) is 3.44. The number of rotatable bonds is 5. The summed E-state index contributed by atoms with van der Waals surface area (Å²) in [6.07, 6.45) is 0. The van der Waals surface area contributed by atoms with Crippen molar-refractivity contribution in [1.82, 2.24) is 24.9 Å². The molecule has 6 nitrogen and oxygen atoms in total. The number of thiophene rings is 1. The minimum atomic E-state index is -0.412. The quantitative estimate of drug-likeness (QED) is 0.406. The van der Waals surface area contributed by atoms with Crippen molar-refractivity contribution in [3.8, 4) is 22.2 Å². The van der Waals surface area contributed by atoms with Crippen LogP contribution in [-0.4, -0.2) is 24.9 Å². The lowest BCUT2D eigenvalue weighted by Gasteiger charge is -2.00. The van der Waals surface area contributed by atoms with Crippen molar-refractivity contribution in [3.05, 3.63) is 51.8 Å². The molecule has 0 fully saturated rings. The summed E-state index contributed by atoms with van der Waals surface area (Å²) < 4.78 is 21.8. The molecular formula is C16H11BrFN5OS2. The number of thioether (sulfide) groups is 1. The Morgan fingerprint density at radius 3 is 3.00 bits per heavy atom. The molecule has 0 amide bonds. The van der Waals surface area contributed by atoms with Gasteiger partial charge in [0.25, 0.3) is 5.89 Å². The smallest absolute Gasteiger partial charge is 0.260 e. The van der Waals surface area contributed by atoms with Crippen LogP contribution in [-0.2, 0) is 12.8 Å². The lowest BCUT2D eigenvalue weighted by atomic mass is 10.2. The van der Waals surface area contributed by atoms with Crippen LogP contribution >= 0.6 is 39.0 Å². The summed E-state index contributed by atoms with van der Waals surface area (Å²) in [5, 5.41) is 15.1. The molecule has 132 valence electrons. The number of halogens is 2. The highest BCUT2D eigenvalue weighted by atomic mass is 79.9. The Balaban J connectivity index is 1.50. The third-order valence-electron chi connectivity index (χ3n) is 3.53. The maximum atomic E-state index is 13.9. The zero-order valence-electron chi connectivity index (χ0n) is 13.4. The van der Waals surface area contributed by atoms with Crippen LogP contribution in [0.5, 0.6) is 0 Å². The first-order chi connectivity index (χ1) is 12.6. The average molecular weight is 452 g/mol. The first kappa shape index (κ1) is 17.4. The molecule has 0 aliphatic heterocycles. The molecule has 4 rings (SSSR count). The van der Waals surface area contributed by atoms with Gasteiger partial charge in [0.1, 0.15) is 5.82 Å². The Morgan fingerprint density at radius 2 is 2.19 bits per heavy atom. The fourth-order valence-corrected chi connectivity index (χ4v) is 4.13. The van der Waals surface area contributed by atoms with Gasteiger partial charge in [0.15, 0.2) is 16.8 Å². The molecule has 0 N–H and O–H groups in total. The van der Waals surface area contributed by atoms with Crippen LogP contribution in [0.1, 0.15) is 5.82 Å². The Kier molecular flexibility index (Phi) is 4.88. The summed E-state index contributed by atoms with van der Waals surface area (Å²) in [5.74, 6) is 1.45. The second-order valence-corrected chi connectivity index (χ2v) is 8.08. The normalized spacial score (nSPS) is 11.2. The molecule has 10 heteroatoms. The van der Waals surface area contributed by atoms with Crippen molar-refractivity contribution in [1.29, 1.82) is 0 Å². The van der Waals surface area contributed by atoms with E-state index in [2.05, 4.69) is 36.3 Å². The fourth-order valence-electron chi connectivity index (χ4n) is 2.27. The van der Waals surface area contributed by atoms with E-state index in [9.17, 15) is 4.39 Å². The van der Waals surface area contributed by atoms with Crippen molar-refractivity contribution < 1.29 is 8.91 Å². The molecule has 0 aliphatic carbocycles. The van der Waals surface area contributed by atoms with Crippen LogP contribution in [0.3, 0.4) is 0 Å². The summed E-state index contributed by atoms with van der Waals surface area (Å²) >= 11 is 6.36. The monoisotopic (exact) mass is 451 g/mol. The minimum Gasteiger partial charge on any atom is -0.334 e. The zero-order chi connectivity index (χ0) is 18.1. The van der Waals surface area contributed by atoms with E-state index in [1.54, 1.807) is 23.5 Å². The average Bonchev–Trinajstić information content (AvgIpc) is 3.36. The van der Waals surface area contributed by atoms with Crippen LogP contribution < -0.4 is 0 Å². The van der Waals surface area contributed by atoms with E-state index in [1.807, 2.05) is 29.1 Å². The molecular weight excluding hydrogens is 441 g/mol. The van der Waals surface area contributed by atoms with Gasteiger partial charge >= 0.3 is 0 Å². The molecule has 0 saturated carbocycles. The Labute approximate surface area is 164 Å². The summed E-state index contributed by atoms with van der Waals surface area (Å²) in [4.78, 5) is 5.32. The van der Waals surface area contributed by atoms with Crippen LogP contribution in [0.2, 0.25) is 0 Å². The SMILES string of the molecule is Cn1c(SCc2noc(-c3cc(Br)ccc3F)n2)nnc1-c1cccs1. The van der Waals surface area contributed by atoms with Crippen molar-refractivity contribution in [3.63, 3.8) is 0 Å². The summed E-state index contributed by atoms with van der Waals surface area (Å²) in [7, 11) is 1.91. The predicted octanol–water partition coefficient (Wildman–Crippen LogP) is 4.79. The molecule has 1 aromatic carbocycles. The topological polar surface area (TPSA) is 69.6 Å². The molecule has 4 aromatic rings. The number of nitrogens with zero attached hydrogens (tertiary/aromatic N) is 5. The Bertz CT molecular complexity index is 1050. The molecule has 0 spiro atoms. The Morgan fingerprint density at radius 1 is 1.31 bits per heavy atom. The number of hydrogen-bond acceptors (Lipinski definition) is 7. The van der Waals surface area contributed by atoms with Gasteiger partial charge in [0.05, 0.1) is 16.2 Å². The third-order valence-corrected chi connectivity index (χ3v) is 5.91. The lowest BCUT2D eigenvalue weighted by Crippen LogP contribution is -1.94. The number of benzene rings is 1. The van der Waals surface area contributed by atoms with E-state index in [-0.39, 0.29) is 11.5 Å². The molecule has 0 atom stereocenters. The van der Waals surface area contributed by atoms with E-state index in [0.29, 0.717) is 11.6 Å². The molecule has 0 saturated heterocycles. The van der Waals surface area contributed by atoms with E-state index >= 15 is 0 Å². The van der Waals surface area contributed by atoms with Crippen molar-refractivity contribution >= 4 is 39.0 Å². The number of aromatic nitrogens is 5. The van der Waals surface area contributed by atoms with Crippen LogP contribution in [0.25, 0.3) is 22.2 Å². The van der Waals surface area contributed by atoms with Crippen LogP contribution in [0.4, 0.5) is 4.39 Å². The van der Waals surface area contributed by atoms with Crippen molar-refractivity contribution in [2.24, 2.45) is 7.05 Å². The van der Waals surface area contributed by atoms with Crippen molar-refractivity contribution in [2.75, 3.05) is 0 Å². The molecule has 26 heavy (non-hydrogen) atoms. The largest absolute Gasteiger partial charge is 0.334 e. The second-order valence-electron chi connectivity index (χ2n) is 5.27. The highest BCUT2D eigenvalue weighted by Crippen LogP contribution is 2.29. The number of hydrogen-bond donors (Lipinski definition) is 0. The summed E-state index contributed by atoms with van der Waals surface area (Å²) in [6, 6.07) is 8.55. The first-order valence-corrected chi connectivity index (χ1v) is 10.1. The van der Waals surface area contributed by atoms with Gasteiger partial charge in [-0.3, -0.25) is 0 Å². The van der Waals surface area contributed by atoms with Crippen LogP contribution in [0.15, 0.2) is 49.9 Å². The minimum absolute atomic E-state index is 0.150. The van der Waals surface area contributed by atoms with Crippen molar-refractivity contribution in [2.45, 2.75) is 10.9 Å². The highest BCUT2D eigenvalue weighted by molar-refractivity contribution is 9.10. The van der Waals surface area contributed by atoms with Gasteiger partial charge in [-0.2, -0.15) is 4.98 Å². The van der Waals surface area contributed by atoms with E-state index in [1.165, 1.54) is 17.8 Å². The van der Waals surface area contributed by atoms with Gasteiger partial charge in [-0.05, 0) is 29.6 Å². The Hall–Kier alpha value is -2.04. The van der Waals surface area contributed by atoms with Gasteiger partial charge in [-0.1, -0.05) is 38.9 Å². The molecule has 3 heterocycles. The summed E-state index contributed by atoms with van der Waals surface area (Å²) in [5.41, 5.74) is 0.266. The maximum Gasteiger partial charge on any atom is 0.260 e. The maximum absolute atomic E-state index is 13.9. The zero-order valence-corrected chi connectivity index (χ0v) is 16.6. The van der Waals surface area contributed by atoms with E-state index in [4.69, 9.17) is 4.52 Å². The fraction of sp³-hybridized carbons (Fsp3) is 0.125. The van der Waals surface area contributed by atoms with E-state index < -0.39 is 5.82 Å².